The lowest BCUT2D eigenvalue weighted by molar-refractivity contribution is -0.131. The van der Waals surface area contributed by atoms with E-state index >= 15 is 0 Å². The zero-order valence-corrected chi connectivity index (χ0v) is 11.3. The van der Waals surface area contributed by atoms with Crippen LogP contribution >= 0.6 is 11.6 Å². The third kappa shape index (κ3) is 2.51. The lowest BCUT2D eigenvalue weighted by Crippen LogP contribution is -2.29. The molecule has 2 rings (SSSR count). The summed E-state index contributed by atoms with van der Waals surface area (Å²) < 4.78 is 5.75. The second-order valence-corrected chi connectivity index (χ2v) is 4.68. The molecular weight excluding hydrogens is 250 g/mol. The van der Waals surface area contributed by atoms with Crippen molar-refractivity contribution in [2.75, 3.05) is 12.9 Å². The molecule has 1 amide bonds. The van der Waals surface area contributed by atoms with Crippen LogP contribution in [0.2, 0.25) is 0 Å². The van der Waals surface area contributed by atoms with Crippen molar-refractivity contribution in [1.82, 2.24) is 4.90 Å². The molecule has 0 spiro atoms. The average molecular weight is 266 g/mol. The van der Waals surface area contributed by atoms with Gasteiger partial charge in [-0.2, -0.15) is 0 Å². The Labute approximate surface area is 111 Å². The molecule has 0 radical (unpaired) electrons. The maximum Gasteiger partial charge on any atom is 0.224 e. The second kappa shape index (κ2) is 5.44. The van der Waals surface area contributed by atoms with Gasteiger partial charge in [-0.25, -0.2) is 0 Å². The normalized spacial score (nSPS) is 12.6. The summed E-state index contributed by atoms with van der Waals surface area (Å²) in [4.78, 5) is 13.4. The number of hydrogen-bond donors (Lipinski definition) is 0. The molecule has 0 N–H and O–H groups in total. The highest BCUT2D eigenvalue weighted by Crippen LogP contribution is 2.26. The first-order chi connectivity index (χ1) is 8.63. The number of amides is 1. The molecule has 1 aromatic heterocycles. The number of carbonyl (C=O) groups excluding carboxylic acids is 1. The summed E-state index contributed by atoms with van der Waals surface area (Å²) in [5.41, 5.74) is 0.845. The molecule has 96 valence electrons. The van der Waals surface area contributed by atoms with Crippen molar-refractivity contribution >= 4 is 28.5 Å². The Morgan fingerprint density at radius 1 is 1.44 bits per heavy atom. The number of benzene rings is 1. The minimum Gasteiger partial charge on any atom is -0.459 e. The Morgan fingerprint density at radius 2 is 2.17 bits per heavy atom. The summed E-state index contributed by atoms with van der Waals surface area (Å²) in [7, 11) is 1.77. The van der Waals surface area contributed by atoms with Crippen molar-refractivity contribution in [1.29, 1.82) is 0 Å². The lowest BCUT2D eigenvalue weighted by Gasteiger charge is -2.22. The van der Waals surface area contributed by atoms with Gasteiger partial charge in [0.05, 0.1) is 6.04 Å². The van der Waals surface area contributed by atoms with E-state index < -0.39 is 0 Å². The minimum atomic E-state index is -0.0897. The van der Waals surface area contributed by atoms with Crippen LogP contribution in [0.1, 0.15) is 25.1 Å². The Morgan fingerprint density at radius 3 is 2.83 bits per heavy atom. The third-order valence-corrected chi connectivity index (χ3v) is 3.33. The van der Waals surface area contributed by atoms with Gasteiger partial charge in [0.1, 0.15) is 11.3 Å². The van der Waals surface area contributed by atoms with Crippen LogP contribution in [0.5, 0.6) is 0 Å². The van der Waals surface area contributed by atoms with Gasteiger partial charge in [-0.15, -0.1) is 11.6 Å². The number of carbonyl (C=O) groups is 1. The maximum absolute atomic E-state index is 11.8. The van der Waals surface area contributed by atoms with Crippen molar-refractivity contribution < 1.29 is 9.21 Å². The second-order valence-electron chi connectivity index (χ2n) is 4.31. The van der Waals surface area contributed by atoms with Crippen molar-refractivity contribution in [2.45, 2.75) is 19.4 Å². The van der Waals surface area contributed by atoms with Gasteiger partial charge >= 0.3 is 0 Å². The molecule has 0 aliphatic heterocycles. The largest absolute Gasteiger partial charge is 0.459 e. The summed E-state index contributed by atoms with van der Waals surface area (Å²) in [6.45, 7) is 1.95. The van der Waals surface area contributed by atoms with E-state index in [2.05, 4.69) is 0 Å². The van der Waals surface area contributed by atoms with Crippen molar-refractivity contribution in [3.05, 3.63) is 36.1 Å². The number of hydrogen-bond acceptors (Lipinski definition) is 2. The molecule has 0 aliphatic rings. The van der Waals surface area contributed by atoms with Crippen LogP contribution in [0.3, 0.4) is 0 Å². The maximum atomic E-state index is 11.8. The summed E-state index contributed by atoms with van der Waals surface area (Å²) in [5.74, 6) is 1.16. The zero-order valence-electron chi connectivity index (χ0n) is 10.5. The minimum absolute atomic E-state index is 0.0259. The standard InChI is InChI=1S/C14H16ClNO2/c1-10(16(2)14(17)7-8-15)13-9-11-5-3-4-6-12(11)18-13/h3-6,9-10H,7-8H2,1-2H3. The Hall–Kier alpha value is -1.48. The fourth-order valence-corrected chi connectivity index (χ4v) is 2.03. The van der Waals surface area contributed by atoms with Crippen LogP contribution in [0.4, 0.5) is 0 Å². The van der Waals surface area contributed by atoms with E-state index in [0.29, 0.717) is 12.3 Å². The van der Waals surface area contributed by atoms with E-state index in [1.165, 1.54) is 0 Å². The average Bonchev–Trinajstić information content (AvgIpc) is 2.81. The molecule has 1 heterocycles. The van der Waals surface area contributed by atoms with Gasteiger partial charge in [0.25, 0.3) is 0 Å². The Balaban J connectivity index is 2.22. The van der Waals surface area contributed by atoms with E-state index in [9.17, 15) is 4.79 Å². The highest BCUT2D eigenvalue weighted by Gasteiger charge is 2.20. The van der Waals surface area contributed by atoms with Gasteiger partial charge in [0.15, 0.2) is 0 Å². The van der Waals surface area contributed by atoms with E-state index in [4.69, 9.17) is 16.0 Å². The van der Waals surface area contributed by atoms with Crippen LogP contribution < -0.4 is 0 Å². The predicted octanol–water partition coefficient (Wildman–Crippen LogP) is 3.58. The highest BCUT2D eigenvalue weighted by molar-refractivity contribution is 6.18. The van der Waals surface area contributed by atoms with Crippen molar-refractivity contribution in [3.63, 3.8) is 0 Å². The fraction of sp³-hybridized carbons (Fsp3) is 0.357. The lowest BCUT2D eigenvalue weighted by atomic mass is 10.2. The van der Waals surface area contributed by atoms with Gasteiger partial charge in [-0.3, -0.25) is 4.79 Å². The van der Waals surface area contributed by atoms with Crippen LogP contribution in [0.15, 0.2) is 34.7 Å². The molecule has 4 heteroatoms. The molecule has 2 aromatic rings. The third-order valence-electron chi connectivity index (χ3n) is 3.14. The van der Waals surface area contributed by atoms with Crippen molar-refractivity contribution in [2.24, 2.45) is 0 Å². The van der Waals surface area contributed by atoms with Crippen LogP contribution in [0, 0.1) is 0 Å². The topological polar surface area (TPSA) is 33.5 Å². The number of alkyl halides is 1. The van der Waals surface area contributed by atoms with Crippen LogP contribution in [0.25, 0.3) is 11.0 Å². The van der Waals surface area contributed by atoms with Crippen LogP contribution in [-0.4, -0.2) is 23.7 Å². The number of nitrogens with zero attached hydrogens (tertiary/aromatic N) is 1. The molecule has 0 bridgehead atoms. The van der Waals surface area contributed by atoms with Gasteiger partial charge in [-0.1, -0.05) is 18.2 Å². The van der Waals surface area contributed by atoms with E-state index in [1.807, 2.05) is 37.3 Å². The van der Waals surface area contributed by atoms with Gasteiger partial charge in [-0.05, 0) is 19.1 Å². The summed E-state index contributed by atoms with van der Waals surface area (Å²) in [6, 6.07) is 9.71. The molecule has 0 aliphatic carbocycles. The number of halogens is 1. The molecule has 0 saturated carbocycles. The zero-order chi connectivity index (χ0) is 13.1. The smallest absolute Gasteiger partial charge is 0.224 e. The first-order valence-electron chi connectivity index (χ1n) is 5.93. The fourth-order valence-electron chi connectivity index (χ4n) is 1.87. The van der Waals surface area contributed by atoms with E-state index in [1.54, 1.807) is 11.9 Å². The predicted molar refractivity (Wildman–Crippen MR) is 72.7 cm³/mol. The van der Waals surface area contributed by atoms with Gasteiger partial charge in [0.2, 0.25) is 5.91 Å². The van der Waals surface area contributed by atoms with Gasteiger partial charge < -0.3 is 9.32 Å². The molecular formula is C14H16ClNO2. The van der Waals surface area contributed by atoms with Crippen LogP contribution in [-0.2, 0) is 4.79 Å². The quantitative estimate of drug-likeness (QED) is 0.792. The number of furan rings is 1. The summed E-state index contributed by atoms with van der Waals surface area (Å²) in [6.07, 6.45) is 0.350. The van der Waals surface area contributed by atoms with E-state index in [-0.39, 0.29) is 11.9 Å². The number of rotatable bonds is 4. The molecule has 1 atom stereocenters. The molecule has 0 saturated heterocycles. The number of fused-ring (bicyclic) bond motifs is 1. The van der Waals surface area contributed by atoms with Crippen molar-refractivity contribution in [3.8, 4) is 0 Å². The molecule has 3 nitrogen and oxygen atoms in total. The Bertz CT molecular complexity index is 516. The molecule has 0 fully saturated rings. The first kappa shape index (κ1) is 13.0. The summed E-state index contributed by atoms with van der Waals surface area (Å²) >= 11 is 5.58. The van der Waals surface area contributed by atoms with Gasteiger partial charge in [0, 0.05) is 24.7 Å². The Kier molecular flexibility index (Phi) is 3.92. The molecule has 18 heavy (non-hydrogen) atoms. The molecule has 1 unspecified atom stereocenters. The first-order valence-corrected chi connectivity index (χ1v) is 6.47. The monoisotopic (exact) mass is 265 g/mol. The SMILES string of the molecule is CC(c1cc2ccccc2o1)N(C)C(=O)CCCl. The highest BCUT2D eigenvalue weighted by atomic mass is 35.5. The molecule has 1 aromatic carbocycles. The van der Waals surface area contributed by atoms with E-state index in [0.717, 1.165) is 16.7 Å². The number of para-hydroxylation sites is 1. The summed E-state index contributed by atoms with van der Waals surface area (Å²) in [5, 5.41) is 1.05.